The number of hydrogen-bond donors (Lipinski definition) is 3. The van der Waals surface area contributed by atoms with Crippen LogP contribution in [0.3, 0.4) is 0 Å². The van der Waals surface area contributed by atoms with Gasteiger partial charge in [-0.1, -0.05) is 0 Å². The lowest BCUT2D eigenvalue weighted by Gasteiger charge is -2.35. The predicted molar refractivity (Wildman–Crippen MR) is 96.1 cm³/mol. The SMILES string of the molecule is OC(CN1CCC(c2nc3ccc(F)cc3[nH]2)CC1)C1CCNCC1. The largest absolute Gasteiger partial charge is 0.392 e. The fourth-order valence-corrected chi connectivity index (χ4v) is 4.23. The molecule has 136 valence electrons. The number of likely N-dealkylation sites (tertiary alicyclic amines) is 1. The van der Waals surface area contributed by atoms with Crippen LogP contribution in [0.2, 0.25) is 0 Å². The number of aromatic amines is 1. The van der Waals surface area contributed by atoms with E-state index in [1.165, 1.54) is 12.1 Å². The van der Waals surface area contributed by atoms with Crippen molar-refractivity contribution in [3.05, 3.63) is 29.8 Å². The Balaban J connectivity index is 1.32. The van der Waals surface area contributed by atoms with Gasteiger partial charge in [-0.15, -0.1) is 0 Å². The summed E-state index contributed by atoms with van der Waals surface area (Å²) in [5.74, 6) is 1.57. The smallest absolute Gasteiger partial charge is 0.125 e. The standard InChI is InChI=1S/C19H27FN4O/c20-15-1-2-16-17(11-15)23-19(22-16)14-5-9-24(10-6-14)12-18(25)13-3-7-21-8-4-13/h1-2,11,13-14,18,21,25H,3-10,12H2,(H,22,23). The van der Waals surface area contributed by atoms with Crippen LogP contribution in [0.25, 0.3) is 11.0 Å². The monoisotopic (exact) mass is 346 g/mol. The third-order valence-electron chi connectivity index (χ3n) is 5.81. The molecule has 0 spiro atoms. The summed E-state index contributed by atoms with van der Waals surface area (Å²) < 4.78 is 13.3. The van der Waals surface area contributed by atoms with Crippen LogP contribution in [0, 0.1) is 11.7 Å². The van der Waals surface area contributed by atoms with E-state index in [9.17, 15) is 9.50 Å². The minimum Gasteiger partial charge on any atom is -0.392 e. The maximum Gasteiger partial charge on any atom is 0.125 e. The number of aromatic nitrogens is 2. The van der Waals surface area contributed by atoms with Gasteiger partial charge in [-0.3, -0.25) is 0 Å². The number of halogens is 1. The molecule has 3 N–H and O–H groups in total. The highest BCUT2D eigenvalue weighted by molar-refractivity contribution is 5.75. The zero-order chi connectivity index (χ0) is 17.2. The molecule has 3 heterocycles. The molecule has 5 nitrogen and oxygen atoms in total. The van der Waals surface area contributed by atoms with E-state index in [0.29, 0.717) is 11.8 Å². The number of nitrogens with zero attached hydrogens (tertiary/aromatic N) is 2. The maximum atomic E-state index is 13.3. The zero-order valence-corrected chi connectivity index (χ0v) is 14.5. The molecule has 2 aliphatic rings. The van der Waals surface area contributed by atoms with Gasteiger partial charge in [-0.2, -0.15) is 0 Å². The van der Waals surface area contributed by atoms with Gasteiger partial charge in [0.2, 0.25) is 0 Å². The topological polar surface area (TPSA) is 64.2 Å². The molecule has 2 aliphatic heterocycles. The Labute approximate surface area is 147 Å². The van der Waals surface area contributed by atoms with Gasteiger partial charge in [0.05, 0.1) is 17.1 Å². The van der Waals surface area contributed by atoms with Crippen molar-refractivity contribution in [2.24, 2.45) is 5.92 Å². The zero-order valence-electron chi connectivity index (χ0n) is 14.5. The van der Waals surface area contributed by atoms with Gasteiger partial charge < -0.3 is 20.3 Å². The summed E-state index contributed by atoms with van der Waals surface area (Å²) in [5.41, 5.74) is 1.61. The summed E-state index contributed by atoms with van der Waals surface area (Å²) in [6.45, 7) is 4.80. The van der Waals surface area contributed by atoms with Crippen molar-refractivity contribution >= 4 is 11.0 Å². The van der Waals surface area contributed by atoms with Gasteiger partial charge in [0.25, 0.3) is 0 Å². The third kappa shape index (κ3) is 3.86. The average Bonchev–Trinajstić information content (AvgIpc) is 3.06. The van der Waals surface area contributed by atoms with Gasteiger partial charge in [0, 0.05) is 12.5 Å². The number of nitrogens with one attached hydrogen (secondary N) is 2. The Bertz CT molecular complexity index is 705. The number of β-amino-alcohol motifs (C(OH)–C–C–N with tert-alkyl or cyclic N) is 1. The molecule has 2 aromatic rings. The van der Waals surface area contributed by atoms with E-state index in [1.807, 2.05) is 0 Å². The molecule has 4 rings (SSSR count). The fraction of sp³-hybridized carbons (Fsp3) is 0.632. The summed E-state index contributed by atoms with van der Waals surface area (Å²) in [4.78, 5) is 10.3. The van der Waals surface area contributed by atoms with Crippen LogP contribution in [-0.2, 0) is 0 Å². The van der Waals surface area contributed by atoms with Crippen LogP contribution in [0.5, 0.6) is 0 Å². The number of benzene rings is 1. The molecule has 2 fully saturated rings. The quantitative estimate of drug-likeness (QED) is 0.794. The molecular weight excluding hydrogens is 319 g/mol. The van der Waals surface area contributed by atoms with Crippen LogP contribution in [0.1, 0.15) is 37.4 Å². The first-order chi connectivity index (χ1) is 12.2. The molecule has 0 saturated carbocycles. The summed E-state index contributed by atoms with van der Waals surface area (Å²) in [5, 5.41) is 13.9. The van der Waals surface area contributed by atoms with E-state index in [2.05, 4.69) is 20.2 Å². The van der Waals surface area contributed by atoms with Gasteiger partial charge >= 0.3 is 0 Å². The van der Waals surface area contributed by atoms with Crippen molar-refractivity contribution in [1.82, 2.24) is 20.2 Å². The van der Waals surface area contributed by atoms with Gasteiger partial charge in [0.15, 0.2) is 0 Å². The summed E-state index contributed by atoms with van der Waals surface area (Å²) in [6.07, 6.45) is 4.00. The molecule has 1 aromatic heterocycles. The number of rotatable bonds is 4. The van der Waals surface area contributed by atoms with E-state index in [4.69, 9.17) is 0 Å². The molecule has 1 atom stereocenters. The molecule has 0 radical (unpaired) electrons. The van der Waals surface area contributed by atoms with Crippen molar-refractivity contribution in [2.75, 3.05) is 32.7 Å². The fourth-order valence-electron chi connectivity index (χ4n) is 4.23. The number of fused-ring (bicyclic) bond motifs is 1. The molecule has 6 heteroatoms. The Morgan fingerprint density at radius 2 is 1.96 bits per heavy atom. The highest BCUT2D eigenvalue weighted by Gasteiger charge is 2.27. The molecule has 0 amide bonds. The lowest BCUT2D eigenvalue weighted by molar-refractivity contribution is 0.0424. The number of hydrogen-bond acceptors (Lipinski definition) is 4. The van der Waals surface area contributed by atoms with Crippen LogP contribution >= 0.6 is 0 Å². The Morgan fingerprint density at radius 3 is 2.72 bits per heavy atom. The number of aliphatic hydroxyl groups is 1. The molecule has 1 aromatic carbocycles. The maximum absolute atomic E-state index is 13.3. The van der Waals surface area contributed by atoms with Crippen molar-refractivity contribution in [3.63, 3.8) is 0 Å². The van der Waals surface area contributed by atoms with Crippen LogP contribution < -0.4 is 5.32 Å². The lowest BCUT2D eigenvalue weighted by atomic mass is 9.90. The second-order valence-corrected chi connectivity index (χ2v) is 7.51. The summed E-state index contributed by atoms with van der Waals surface area (Å²) >= 11 is 0. The van der Waals surface area contributed by atoms with Crippen molar-refractivity contribution < 1.29 is 9.50 Å². The number of H-pyrrole nitrogens is 1. The molecule has 25 heavy (non-hydrogen) atoms. The van der Waals surface area contributed by atoms with Crippen LogP contribution in [-0.4, -0.2) is 58.8 Å². The van der Waals surface area contributed by atoms with E-state index < -0.39 is 0 Å². The Hall–Kier alpha value is -1.50. The van der Waals surface area contributed by atoms with E-state index in [0.717, 1.165) is 75.3 Å². The first-order valence-electron chi connectivity index (χ1n) is 9.45. The third-order valence-corrected chi connectivity index (χ3v) is 5.81. The van der Waals surface area contributed by atoms with Crippen molar-refractivity contribution in [3.8, 4) is 0 Å². The number of aliphatic hydroxyl groups excluding tert-OH is 1. The van der Waals surface area contributed by atoms with Gasteiger partial charge in [-0.05, 0) is 76.0 Å². The molecule has 0 aliphatic carbocycles. The van der Waals surface area contributed by atoms with E-state index in [1.54, 1.807) is 6.07 Å². The highest BCUT2D eigenvalue weighted by Crippen LogP contribution is 2.28. The lowest BCUT2D eigenvalue weighted by Crippen LogP contribution is -2.43. The Kier molecular flexibility index (Phi) is 5.01. The first kappa shape index (κ1) is 16.9. The minimum atomic E-state index is -0.232. The second-order valence-electron chi connectivity index (χ2n) is 7.51. The first-order valence-corrected chi connectivity index (χ1v) is 9.45. The summed E-state index contributed by atoms with van der Waals surface area (Å²) in [7, 11) is 0. The molecule has 2 saturated heterocycles. The molecule has 1 unspecified atom stereocenters. The van der Waals surface area contributed by atoms with Crippen molar-refractivity contribution in [2.45, 2.75) is 37.7 Å². The highest BCUT2D eigenvalue weighted by atomic mass is 19.1. The minimum absolute atomic E-state index is 0.215. The Morgan fingerprint density at radius 1 is 1.20 bits per heavy atom. The normalized spacial score (nSPS) is 22.5. The number of imidazole rings is 1. The van der Waals surface area contributed by atoms with Crippen molar-refractivity contribution in [1.29, 1.82) is 0 Å². The summed E-state index contributed by atoms with van der Waals surface area (Å²) in [6, 6.07) is 4.70. The molecule has 0 bridgehead atoms. The van der Waals surface area contributed by atoms with Gasteiger partial charge in [-0.25, -0.2) is 9.37 Å². The van der Waals surface area contributed by atoms with E-state index in [-0.39, 0.29) is 11.9 Å². The second kappa shape index (κ2) is 7.40. The van der Waals surface area contributed by atoms with Crippen LogP contribution in [0.15, 0.2) is 18.2 Å². The number of piperidine rings is 2. The average molecular weight is 346 g/mol. The predicted octanol–water partition coefficient (Wildman–Crippen LogP) is 2.24. The van der Waals surface area contributed by atoms with E-state index >= 15 is 0 Å². The van der Waals surface area contributed by atoms with Crippen LogP contribution in [0.4, 0.5) is 4.39 Å². The van der Waals surface area contributed by atoms with Gasteiger partial charge in [0.1, 0.15) is 11.6 Å². The molecular formula is C19H27FN4O.